The van der Waals surface area contributed by atoms with E-state index in [1.807, 2.05) is 0 Å². The molecule has 4 nitrogen and oxygen atoms in total. The third kappa shape index (κ3) is 1.88. The molecule has 0 saturated heterocycles. The summed E-state index contributed by atoms with van der Waals surface area (Å²) in [6, 6.07) is 0. The zero-order valence-electron chi connectivity index (χ0n) is 5.95. The van der Waals surface area contributed by atoms with Crippen molar-refractivity contribution in [3.8, 4) is 0 Å². The van der Waals surface area contributed by atoms with Gasteiger partial charge in [0.15, 0.2) is 0 Å². The first-order chi connectivity index (χ1) is 5.24. The van der Waals surface area contributed by atoms with E-state index in [1.165, 1.54) is 12.4 Å². The number of halogens is 1. The highest BCUT2D eigenvalue weighted by Crippen LogP contribution is 2.01. The van der Waals surface area contributed by atoms with Gasteiger partial charge in [0.2, 0.25) is 0 Å². The van der Waals surface area contributed by atoms with Crippen LogP contribution in [0.3, 0.4) is 0 Å². The Kier molecular flexibility index (Phi) is 2.38. The Labute approximate surface area is 69.1 Å². The fourth-order valence-corrected chi connectivity index (χ4v) is 0.728. The SMILES string of the molecule is CN=C(N)c1cncc(Cl)n1. The maximum absolute atomic E-state index is 5.56. The Morgan fingerprint density at radius 2 is 2.36 bits per heavy atom. The number of aliphatic imine (C=N–C) groups is 1. The summed E-state index contributed by atoms with van der Waals surface area (Å²) in [7, 11) is 1.58. The van der Waals surface area contributed by atoms with Crippen LogP contribution in [0.2, 0.25) is 5.15 Å². The molecule has 0 aliphatic heterocycles. The van der Waals surface area contributed by atoms with E-state index < -0.39 is 0 Å². The van der Waals surface area contributed by atoms with E-state index in [9.17, 15) is 0 Å². The molecule has 1 heterocycles. The largest absolute Gasteiger partial charge is 0.382 e. The average molecular weight is 171 g/mol. The third-order valence-corrected chi connectivity index (χ3v) is 1.29. The van der Waals surface area contributed by atoms with Crippen LogP contribution in [0.1, 0.15) is 5.69 Å². The lowest BCUT2D eigenvalue weighted by molar-refractivity contribution is 1.16. The Balaban J connectivity index is 3.06. The van der Waals surface area contributed by atoms with Gasteiger partial charge in [0.05, 0.1) is 12.4 Å². The zero-order chi connectivity index (χ0) is 8.27. The third-order valence-electron chi connectivity index (χ3n) is 1.11. The fraction of sp³-hybridized carbons (Fsp3) is 0.167. The molecule has 0 saturated carbocycles. The Morgan fingerprint density at radius 3 is 2.91 bits per heavy atom. The van der Waals surface area contributed by atoms with Crippen molar-refractivity contribution in [3.63, 3.8) is 0 Å². The maximum Gasteiger partial charge on any atom is 0.148 e. The molecule has 1 rings (SSSR count). The quantitative estimate of drug-likeness (QED) is 0.492. The van der Waals surface area contributed by atoms with Gasteiger partial charge in [-0.3, -0.25) is 9.98 Å². The molecule has 1 aromatic rings. The van der Waals surface area contributed by atoms with Crippen molar-refractivity contribution in [2.24, 2.45) is 10.7 Å². The van der Waals surface area contributed by atoms with Crippen LogP contribution in [0.4, 0.5) is 0 Å². The molecule has 0 aliphatic carbocycles. The monoisotopic (exact) mass is 170 g/mol. The van der Waals surface area contributed by atoms with Crippen molar-refractivity contribution >= 4 is 17.4 Å². The summed E-state index contributed by atoms with van der Waals surface area (Å²) in [5.41, 5.74) is 5.95. The van der Waals surface area contributed by atoms with Gasteiger partial charge in [-0.15, -0.1) is 0 Å². The minimum atomic E-state index is 0.314. The Hall–Kier alpha value is -1.16. The second kappa shape index (κ2) is 3.30. The summed E-state index contributed by atoms with van der Waals surface area (Å²) >= 11 is 5.56. The van der Waals surface area contributed by atoms with Gasteiger partial charge >= 0.3 is 0 Å². The first kappa shape index (κ1) is 7.94. The van der Waals surface area contributed by atoms with E-state index in [0.29, 0.717) is 16.7 Å². The number of hydrogen-bond acceptors (Lipinski definition) is 3. The summed E-state index contributed by atoms with van der Waals surface area (Å²) in [5.74, 6) is 0.333. The molecule has 0 bridgehead atoms. The van der Waals surface area contributed by atoms with E-state index >= 15 is 0 Å². The molecule has 0 aromatic carbocycles. The molecule has 0 fully saturated rings. The van der Waals surface area contributed by atoms with E-state index in [1.54, 1.807) is 7.05 Å². The molecule has 0 spiro atoms. The molecular formula is C6H7ClN4. The van der Waals surface area contributed by atoms with Crippen LogP contribution in [0, 0.1) is 0 Å². The molecular weight excluding hydrogens is 164 g/mol. The molecule has 5 heteroatoms. The molecule has 1 aromatic heterocycles. The molecule has 0 radical (unpaired) electrons. The Bertz CT molecular complexity index is 284. The highest BCUT2D eigenvalue weighted by molar-refractivity contribution is 6.29. The van der Waals surface area contributed by atoms with Gasteiger partial charge in [0, 0.05) is 7.05 Å². The van der Waals surface area contributed by atoms with E-state index in [0.717, 1.165) is 0 Å². The smallest absolute Gasteiger partial charge is 0.148 e. The normalized spacial score (nSPS) is 11.6. The molecule has 0 amide bonds. The molecule has 58 valence electrons. The zero-order valence-corrected chi connectivity index (χ0v) is 6.71. The number of aromatic nitrogens is 2. The predicted octanol–water partition coefficient (Wildman–Crippen LogP) is 0.465. The van der Waals surface area contributed by atoms with Crippen molar-refractivity contribution < 1.29 is 0 Å². The van der Waals surface area contributed by atoms with Crippen molar-refractivity contribution in [1.29, 1.82) is 0 Å². The maximum atomic E-state index is 5.56. The second-order valence-corrected chi connectivity index (χ2v) is 2.22. The summed E-state index contributed by atoms with van der Waals surface area (Å²) in [4.78, 5) is 11.4. The fourth-order valence-electron chi connectivity index (χ4n) is 0.580. The van der Waals surface area contributed by atoms with Gasteiger partial charge in [-0.1, -0.05) is 11.6 Å². The van der Waals surface area contributed by atoms with Gasteiger partial charge in [-0.2, -0.15) is 0 Å². The number of amidine groups is 1. The topological polar surface area (TPSA) is 64.2 Å². The van der Waals surface area contributed by atoms with Crippen molar-refractivity contribution in [3.05, 3.63) is 23.2 Å². The van der Waals surface area contributed by atoms with E-state index in [-0.39, 0.29) is 0 Å². The minimum Gasteiger partial charge on any atom is -0.382 e. The number of nitrogens with two attached hydrogens (primary N) is 1. The molecule has 0 unspecified atom stereocenters. The van der Waals surface area contributed by atoms with E-state index in [4.69, 9.17) is 17.3 Å². The lowest BCUT2D eigenvalue weighted by Crippen LogP contribution is -2.15. The number of nitrogens with zero attached hydrogens (tertiary/aromatic N) is 3. The first-order valence-corrected chi connectivity index (χ1v) is 3.32. The molecule has 2 N–H and O–H groups in total. The van der Waals surface area contributed by atoms with E-state index in [2.05, 4.69) is 15.0 Å². The first-order valence-electron chi connectivity index (χ1n) is 2.94. The van der Waals surface area contributed by atoms with Gasteiger partial charge < -0.3 is 5.73 Å². The highest BCUT2D eigenvalue weighted by Gasteiger charge is 1.98. The lowest BCUT2D eigenvalue weighted by Gasteiger charge is -1.96. The average Bonchev–Trinajstić information content (AvgIpc) is 2.03. The summed E-state index contributed by atoms with van der Waals surface area (Å²) in [5, 5.41) is 0.314. The molecule has 11 heavy (non-hydrogen) atoms. The Morgan fingerprint density at radius 1 is 1.64 bits per heavy atom. The van der Waals surface area contributed by atoms with Crippen LogP contribution in [-0.4, -0.2) is 22.9 Å². The van der Waals surface area contributed by atoms with Crippen molar-refractivity contribution in [2.75, 3.05) is 7.05 Å². The van der Waals surface area contributed by atoms with Gasteiger partial charge in [-0.25, -0.2) is 4.98 Å². The van der Waals surface area contributed by atoms with Crippen LogP contribution in [-0.2, 0) is 0 Å². The minimum absolute atomic E-state index is 0.314. The number of rotatable bonds is 1. The van der Waals surface area contributed by atoms with Crippen molar-refractivity contribution in [2.45, 2.75) is 0 Å². The standard InChI is InChI=1S/C6H7ClN4/c1-9-6(8)4-2-10-3-5(7)11-4/h2-3H,1H3,(H2,8,9). The number of hydrogen-bond donors (Lipinski definition) is 1. The van der Waals surface area contributed by atoms with Crippen LogP contribution < -0.4 is 5.73 Å². The lowest BCUT2D eigenvalue weighted by atomic mass is 10.4. The van der Waals surface area contributed by atoms with Crippen LogP contribution >= 0.6 is 11.6 Å². The summed E-state index contributed by atoms with van der Waals surface area (Å²) < 4.78 is 0. The highest BCUT2D eigenvalue weighted by atomic mass is 35.5. The van der Waals surface area contributed by atoms with Gasteiger partial charge in [0.25, 0.3) is 0 Å². The second-order valence-electron chi connectivity index (χ2n) is 1.84. The van der Waals surface area contributed by atoms with Crippen LogP contribution in [0.25, 0.3) is 0 Å². The van der Waals surface area contributed by atoms with Crippen LogP contribution in [0.15, 0.2) is 17.4 Å². The van der Waals surface area contributed by atoms with Gasteiger partial charge in [0.1, 0.15) is 16.7 Å². The predicted molar refractivity (Wildman–Crippen MR) is 43.7 cm³/mol. The molecule has 0 aliphatic rings. The molecule has 0 atom stereocenters. The van der Waals surface area contributed by atoms with Crippen molar-refractivity contribution in [1.82, 2.24) is 9.97 Å². The van der Waals surface area contributed by atoms with Gasteiger partial charge in [-0.05, 0) is 0 Å². The summed E-state index contributed by atoms with van der Waals surface area (Å²) in [6.07, 6.45) is 2.95. The summed E-state index contributed by atoms with van der Waals surface area (Å²) in [6.45, 7) is 0. The van der Waals surface area contributed by atoms with Crippen LogP contribution in [0.5, 0.6) is 0 Å².